The third kappa shape index (κ3) is 2.17. The Bertz CT molecular complexity index is 696. The average Bonchev–Trinajstić information content (AvgIpc) is 2.82. The van der Waals surface area contributed by atoms with Crippen LogP contribution >= 0.6 is 0 Å². The molecule has 0 aliphatic heterocycles. The van der Waals surface area contributed by atoms with E-state index >= 15 is 0 Å². The van der Waals surface area contributed by atoms with Crippen LogP contribution in [-0.4, -0.2) is 9.78 Å². The lowest BCUT2D eigenvalue weighted by atomic mass is 10.1. The fourth-order valence-electron chi connectivity index (χ4n) is 2.32. The van der Waals surface area contributed by atoms with E-state index in [1.807, 2.05) is 29.8 Å². The lowest BCUT2D eigenvalue weighted by molar-refractivity contribution is 0.868. The van der Waals surface area contributed by atoms with Crippen molar-refractivity contribution in [1.82, 2.24) is 9.78 Å². The Kier molecular flexibility index (Phi) is 2.92. The minimum Gasteiger partial charge on any atom is -0.233 e. The van der Waals surface area contributed by atoms with Crippen LogP contribution in [0.3, 0.4) is 0 Å². The second kappa shape index (κ2) is 4.73. The number of hydrogen-bond acceptors (Lipinski definition) is 1. The number of aryl methyl sites for hydroxylation is 2. The first-order valence-corrected chi connectivity index (χ1v) is 6.44. The molecule has 19 heavy (non-hydrogen) atoms. The van der Waals surface area contributed by atoms with E-state index in [4.69, 9.17) is 0 Å². The predicted octanol–water partition coefficient (Wildman–Crippen LogP) is 4.16. The number of benzene rings is 2. The summed E-state index contributed by atoms with van der Waals surface area (Å²) in [7, 11) is 0. The van der Waals surface area contributed by atoms with Gasteiger partial charge in [-0.15, -0.1) is 0 Å². The van der Waals surface area contributed by atoms with Crippen LogP contribution in [0, 0.1) is 13.8 Å². The van der Waals surface area contributed by atoms with Crippen LogP contribution in [0.2, 0.25) is 0 Å². The first-order chi connectivity index (χ1) is 9.25. The van der Waals surface area contributed by atoms with Crippen LogP contribution in [0.15, 0.2) is 60.7 Å². The second-order valence-electron chi connectivity index (χ2n) is 4.73. The smallest absolute Gasteiger partial charge is 0.0746 e. The van der Waals surface area contributed by atoms with Gasteiger partial charge in [0.05, 0.1) is 17.1 Å². The second-order valence-corrected chi connectivity index (χ2v) is 4.73. The fourth-order valence-corrected chi connectivity index (χ4v) is 2.32. The van der Waals surface area contributed by atoms with Crippen LogP contribution in [0.1, 0.15) is 11.3 Å². The van der Waals surface area contributed by atoms with Gasteiger partial charge >= 0.3 is 0 Å². The number of para-hydroxylation sites is 1. The number of nitrogens with zero attached hydrogens (tertiary/aromatic N) is 2. The van der Waals surface area contributed by atoms with Crippen LogP contribution in [0.25, 0.3) is 16.9 Å². The van der Waals surface area contributed by atoms with Crippen molar-refractivity contribution in [3.05, 3.63) is 71.9 Å². The van der Waals surface area contributed by atoms with E-state index in [0.29, 0.717) is 0 Å². The van der Waals surface area contributed by atoms with Crippen molar-refractivity contribution in [2.24, 2.45) is 0 Å². The minimum atomic E-state index is 1.03. The molecule has 2 heteroatoms. The van der Waals surface area contributed by atoms with Gasteiger partial charge in [0.1, 0.15) is 0 Å². The van der Waals surface area contributed by atoms with Gasteiger partial charge in [0, 0.05) is 5.56 Å². The molecule has 3 rings (SSSR count). The van der Waals surface area contributed by atoms with Crippen molar-refractivity contribution < 1.29 is 0 Å². The summed E-state index contributed by atoms with van der Waals surface area (Å²) in [6.45, 7) is 4.16. The third-order valence-corrected chi connectivity index (χ3v) is 3.25. The number of rotatable bonds is 2. The summed E-state index contributed by atoms with van der Waals surface area (Å²) < 4.78 is 2.01. The van der Waals surface area contributed by atoms with E-state index in [-0.39, 0.29) is 0 Å². The monoisotopic (exact) mass is 248 g/mol. The Morgan fingerprint density at radius 3 is 2.26 bits per heavy atom. The van der Waals surface area contributed by atoms with Gasteiger partial charge in [-0.2, -0.15) is 5.10 Å². The summed E-state index contributed by atoms with van der Waals surface area (Å²) in [4.78, 5) is 0. The molecule has 94 valence electrons. The van der Waals surface area contributed by atoms with Gasteiger partial charge in [0.2, 0.25) is 0 Å². The zero-order valence-corrected chi connectivity index (χ0v) is 11.2. The summed E-state index contributed by atoms with van der Waals surface area (Å²) in [5.74, 6) is 0. The van der Waals surface area contributed by atoms with E-state index in [1.54, 1.807) is 0 Å². The molecule has 0 saturated heterocycles. The molecule has 0 spiro atoms. The molecule has 1 aromatic heterocycles. The van der Waals surface area contributed by atoms with E-state index in [1.165, 1.54) is 11.1 Å². The maximum absolute atomic E-state index is 4.62. The SMILES string of the molecule is Cc1cc(-c2ccccc2C)n(-c2ccccc2)n1. The maximum Gasteiger partial charge on any atom is 0.0746 e. The molecule has 0 N–H and O–H groups in total. The van der Waals surface area contributed by atoms with Crippen molar-refractivity contribution in [2.45, 2.75) is 13.8 Å². The number of aromatic nitrogens is 2. The van der Waals surface area contributed by atoms with Crippen molar-refractivity contribution >= 4 is 0 Å². The van der Waals surface area contributed by atoms with E-state index in [0.717, 1.165) is 17.1 Å². The molecular formula is C17H16N2. The molecule has 0 saturated carbocycles. The van der Waals surface area contributed by atoms with Gasteiger partial charge in [-0.1, -0.05) is 42.5 Å². The Balaban J connectivity index is 2.21. The summed E-state index contributed by atoms with van der Waals surface area (Å²) in [5, 5.41) is 4.62. The van der Waals surface area contributed by atoms with Gasteiger partial charge < -0.3 is 0 Å². The molecule has 2 nitrogen and oxygen atoms in total. The van der Waals surface area contributed by atoms with Gasteiger partial charge in [-0.3, -0.25) is 0 Å². The molecule has 0 radical (unpaired) electrons. The Morgan fingerprint density at radius 2 is 1.53 bits per heavy atom. The summed E-state index contributed by atoms with van der Waals surface area (Å²) >= 11 is 0. The van der Waals surface area contributed by atoms with Crippen LogP contribution in [-0.2, 0) is 0 Å². The summed E-state index contributed by atoms with van der Waals surface area (Å²) in [6.07, 6.45) is 0. The molecule has 0 atom stereocenters. The molecule has 3 aromatic rings. The predicted molar refractivity (Wildman–Crippen MR) is 78.5 cm³/mol. The highest BCUT2D eigenvalue weighted by Gasteiger charge is 2.10. The standard InChI is InChI=1S/C17H16N2/c1-13-8-6-7-11-16(13)17-12-14(2)18-19(17)15-9-4-3-5-10-15/h3-12H,1-2H3. The van der Waals surface area contributed by atoms with Crippen molar-refractivity contribution in [3.8, 4) is 16.9 Å². The Morgan fingerprint density at radius 1 is 0.842 bits per heavy atom. The largest absolute Gasteiger partial charge is 0.233 e. The van der Waals surface area contributed by atoms with E-state index < -0.39 is 0 Å². The van der Waals surface area contributed by atoms with Gasteiger partial charge in [-0.05, 0) is 37.6 Å². The highest BCUT2D eigenvalue weighted by molar-refractivity contribution is 5.66. The molecule has 0 amide bonds. The normalized spacial score (nSPS) is 10.6. The zero-order chi connectivity index (χ0) is 13.2. The van der Waals surface area contributed by atoms with Crippen LogP contribution in [0.4, 0.5) is 0 Å². The maximum atomic E-state index is 4.62. The van der Waals surface area contributed by atoms with Gasteiger partial charge in [-0.25, -0.2) is 4.68 Å². The highest BCUT2D eigenvalue weighted by atomic mass is 15.3. The Labute approximate surface area is 113 Å². The third-order valence-electron chi connectivity index (χ3n) is 3.25. The molecule has 0 aliphatic rings. The van der Waals surface area contributed by atoms with Gasteiger partial charge in [0.15, 0.2) is 0 Å². The summed E-state index contributed by atoms with van der Waals surface area (Å²) in [5.41, 5.74) is 5.75. The minimum absolute atomic E-state index is 1.03. The molecule has 1 heterocycles. The highest BCUT2D eigenvalue weighted by Crippen LogP contribution is 2.26. The summed E-state index contributed by atoms with van der Waals surface area (Å²) in [6, 6.07) is 20.8. The van der Waals surface area contributed by atoms with E-state index in [2.05, 4.69) is 54.5 Å². The molecular weight excluding hydrogens is 232 g/mol. The first-order valence-electron chi connectivity index (χ1n) is 6.44. The molecule has 0 unspecified atom stereocenters. The fraction of sp³-hybridized carbons (Fsp3) is 0.118. The lowest BCUT2D eigenvalue weighted by Crippen LogP contribution is -1.99. The molecule has 0 aliphatic carbocycles. The molecule has 2 aromatic carbocycles. The van der Waals surface area contributed by atoms with E-state index in [9.17, 15) is 0 Å². The topological polar surface area (TPSA) is 17.8 Å². The average molecular weight is 248 g/mol. The first kappa shape index (κ1) is 11.7. The van der Waals surface area contributed by atoms with Crippen molar-refractivity contribution in [3.63, 3.8) is 0 Å². The Hall–Kier alpha value is -2.35. The molecule has 0 fully saturated rings. The molecule has 0 bridgehead atoms. The quantitative estimate of drug-likeness (QED) is 0.666. The van der Waals surface area contributed by atoms with Crippen molar-refractivity contribution in [1.29, 1.82) is 0 Å². The zero-order valence-electron chi connectivity index (χ0n) is 11.2. The van der Waals surface area contributed by atoms with Crippen LogP contribution in [0.5, 0.6) is 0 Å². The van der Waals surface area contributed by atoms with Crippen molar-refractivity contribution in [2.75, 3.05) is 0 Å². The number of hydrogen-bond donors (Lipinski definition) is 0. The lowest BCUT2D eigenvalue weighted by Gasteiger charge is -2.09. The van der Waals surface area contributed by atoms with Crippen LogP contribution < -0.4 is 0 Å². The van der Waals surface area contributed by atoms with Gasteiger partial charge in [0.25, 0.3) is 0 Å².